The Hall–Kier alpha value is 0.609. The summed E-state index contributed by atoms with van der Waals surface area (Å²) < 4.78 is 31.6. The van der Waals surface area contributed by atoms with Crippen molar-refractivity contribution in [2.45, 2.75) is 0 Å². The maximum atomic E-state index is 8.74. The smallest absolute Gasteiger partial charge is 0.269 e. The van der Waals surface area contributed by atoms with Crippen LogP contribution in [0.15, 0.2) is 0 Å². The number of hydrogen-bond donors (Lipinski definition) is 2. The zero-order valence-corrected chi connectivity index (χ0v) is 5.81. The minimum Gasteiger partial charge on any atom is -0.269 e. The van der Waals surface area contributed by atoms with Gasteiger partial charge in [-0.3, -0.25) is 13.8 Å². The van der Waals surface area contributed by atoms with Crippen molar-refractivity contribution >= 4 is 22.8 Å². The summed E-state index contributed by atoms with van der Waals surface area (Å²) >= 11 is 0. The molecular weight excluding hydrogens is 214 g/mol. The van der Waals surface area contributed by atoms with Crippen LogP contribution < -0.4 is 0 Å². The van der Waals surface area contributed by atoms with Gasteiger partial charge in [0.05, 0.1) is 0 Å². The molecule has 0 saturated carbocycles. The average Bonchev–Trinajstić information content (AvgIpc) is 0.722. The van der Waals surface area contributed by atoms with Crippen molar-refractivity contribution < 1.29 is 39.3 Å². The van der Waals surface area contributed by atoms with Crippen LogP contribution in [0.2, 0.25) is 0 Å². The van der Waals surface area contributed by atoms with Gasteiger partial charge in [-0.2, -0.15) is 8.42 Å². The SMILES string of the molecule is Cl.F.O=S(=O)(O)O.[Cu]. The van der Waals surface area contributed by atoms with E-state index in [4.69, 9.17) is 17.5 Å². The molecule has 0 bridgehead atoms. The third kappa shape index (κ3) is 560. The fraction of sp³-hybridized carbons (Fsp3) is 0. The molecule has 0 saturated heterocycles. The van der Waals surface area contributed by atoms with Gasteiger partial charge in [0.2, 0.25) is 0 Å². The van der Waals surface area contributed by atoms with Crippen molar-refractivity contribution in [1.82, 2.24) is 0 Å². The van der Waals surface area contributed by atoms with E-state index in [2.05, 4.69) is 0 Å². The predicted molar refractivity (Wildman–Crippen MR) is 23.9 cm³/mol. The first-order valence-corrected chi connectivity index (χ1v) is 2.10. The van der Waals surface area contributed by atoms with E-state index >= 15 is 0 Å². The van der Waals surface area contributed by atoms with Crippen LogP contribution >= 0.6 is 12.4 Å². The molecule has 0 aromatic heterocycles. The zero-order chi connectivity index (χ0) is 4.50. The summed E-state index contributed by atoms with van der Waals surface area (Å²) in [6.07, 6.45) is 0. The van der Waals surface area contributed by atoms with E-state index in [-0.39, 0.29) is 34.2 Å². The van der Waals surface area contributed by atoms with Crippen molar-refractivity contribution in [3.05, 3.63) is 0 Å². The number of hydrogen-bond acceptors (Lipinski definition) is 2. The van der Waals surface area contributed by atoms with Crippen LogP contribution in [0, 0.1) is 0 Å². The Morgan fingerprint density at radius 1 is 1.12 bits per heavy atom. The van der Waals surface area contributed by atoms with Gasteiger partial charge in [0.15, 0.2) is 0 Å². The summed E-state index contributed by atoms with van der Waals surface area (Å²) in [6, 6.07) is 0. The standard InChI is InChI=1S/ClH.Cu.FH.H2O4S/c;;;1-5(2,3)4/h1H;;1H;(H2,1,2,3,4). The Bertz CT molecular complexity index is 99.2. The summed E-state index contributed by atoms with van der Waals surface area (Å²) in [7, 11) is -4.67. The molecule has 8 heavy (non-hydrogen) atoms. The van der Waals surface area contributed by atoms with Crippen molar-refractivity contribution in [2.75, 3.05) is 0 Å². The summed E-state index contributed by atoms with van der Waals surface area (Å²) in [5, 5.41) is 0. The van der Waals surface area contributed by atoms with Crippen LogP contribution in [0.4, 0.5) is 4.70 Å². The molecule has 0 aromatic carbocycles. The minimum atomic E-state index is -4.67. The van der Waals surface area contributed by atoms with E-state index in [1.807, 2.05) is 0 Å². The Balaban J connectivity index is -0.0000000267. The molecule has 8 heteroatoms. The predicted octanol–water partition coefficient (Wildman–Crippen LogP) is -0.0810. The molecule has 0 aliphatic heterocycles. The van der Waals surface area contributed by atoms with Gasteiger partial charge in [0.1, 0.15) is 0 Å². The molecule has 0 atom stereocenters. The third-order valence-corrected chi connectivity index (χ3v) is 0. The third-order valence-electron chi connectivity index (χ3n) is 0. The van der Waals surface area contributed by atoms with Crippen molar-refractivity contribution in [1.29, 1.82) is 0 Å². The molecule has 0 unspecified atom stereocenters. The van der Waals surface area contributed by atoms with Gasteiger partial charge in [-0.1, -0.05) is 0 Å². The second-order valence-corrected chi connectivity index (χ2v) is 1.34. The monoisotopic (exact) mass is 217 g/mol. The molecule has 0 aliphatic carbocycles. The maximum Gasteiger partial charge on any atom is 0.394 e. The van der Waals surface area contributed by atoms with Crippen LogP contribution in [-0.4, -0.2) is 17.5 Å². The second-order valence-electron chi connectivity index (χ2n) is 0.448. The van der Waals surface area contributed by atoms with Gasteiger partial charge >= 0.3 is 10.4 Å². The molecule has 0 heterocycles. The van der Waals surface area contributed by atoms with E-state index < -0.39 is 10.4 Å². The molecular formula is H4ClCuFO4S. The summed E-state index contributed by atoms with van der Waals surface area (Å²) in [5.74, 6) is 0. The summed E-state index contributed by atoms with van der Waals surface area (Å²) in [6.45, 7) is 0. The summed E-state index contributed by atoms with van der Waals surface area (Å²) in [4.78, 5) is 0. The zero-order valence-electron chi connectivity index (χ0n) is 3.24. The van der Waals surface area contributed by atoms with Gasteiger partial charge in [0, 0.05) is 17.1 Å². The Labute approximate surface area is 62.5 Å². The van der Waals surface area contributed by atoms with Gasteiger partial charge < -0.3 is 0 Å². The normalized spacial score (nSPS) is 7.25. The fourth-order valence-electron chi connectivity index (χ4n) is 0. The van der Waals surface area contributed by atoms with Crippen LogP contribution in [-0.2, 0) is 27.5 Å². The first kappa shape index (κ1) is 23.5. The molecule has 4 nitrogen and oxygen atoms in total. The van der Waals surface area contributed by atoms with Gasteiger partial charge in [-0.25, -0.2) is 0 Å². The van der Waals surface area contributed by atoms with Crippen LogP contribution in [0.25, 0.3) is 0 Å². The van der Waals surface area contributed by atoms with E-state index in [0.717, 1.165) is 0 Å². The average molecular weight is 218 g/mol. The largest absolute Gasteiger partial charge is 0.394 e. The quantitative estimate of drug-likeness (QED) is 0.440. The summed E-state index contributed by atoms with van der Waals surface area (Å²) in [5.41, 5.74) is 0. The molecule has 0 fully saturated rings. The molecule has 0 amide bonds. The minimum absolute atomic E-state index is 0. The fourth-order valence-corrected chi connectivity index (χ4v) is 0. The number of rotatable bonds is 0. The van der Waals surface area contributed by atoms with Crippen molar-refractivity contribution in [3.8, 4) is 0 Å². The van der Waals surface area contributed by atoms with E-state index in [1.54, 1.807) is 0 Å². The number of halogens is 2. The van der Waals surface area contributed by atoms with Gasteiger partial charge in [0.25, 0.3) is 0 Å². The first-order chi connectivity index (χ1) is 2.00. The van der Waals surface area contributed by atoms with Gasteiger partial charge in [-0.15, -0.1) is 12.4 Å². The van der Waals surface area contributed by atoms with Crippen molar-refractivity contribution in [3.63, 3.8) is 0 Å². The molecule has 1 radical (unpaired) electrons. The molecule has 0 aromatic rings. The van der Waals surface area contributed by atoms with Crippen LogP contribution in [0.5, 0.6) is 0 Å². The molecule has 2 N–H and O–H groups in total. The molecule has 59 valence electrons. The van der Waals surface area contributed by atoms with Crippen molar-refractivity contribution in [2.24, 2.45) is 0 Å². The molecule has 0 rings (SSSR count). The molecule has 0 spiro atoms. The Morgan fingerprint density at radius 2 is 1.12 bits per heavy atom. The second kappa shape index (κ2) is 7.61. The van der Waals surface area contributed by atoms with E-state index in [1.165, 1.54) is 0 Å². The first-order valence-electron chi connectivity index (χ1n) is 0.698. The van der Waals surface area contributed by atoms with Crippen LogP contribution in [0.3, 0.4) is 0 Å². The van der Waals surface area contributed by atoms with E-state index in [9.17, 15) is 0 Å². The molecule has 0 aliphatic rings. The van der Waals surface area contributed by atoms with Crippen LogP contribution in [0.1, 0.15) is 0 Å². The van der Waals surface area contributed by atoms with Gasteiger partial charge in [-0.05, 0) is 0 Å². The topological polar surface area (TPSA) is 74.6 Å². The Kier molecular flexibility index (Phi) is 22.3. The Morgan fingerprint density at radius 3 is 1.12 bits per heavy atom. The van der Waals surface area contributed by atoms with E-state index in [0.29, 0.717) is 0 Å². The maximum absolute atomic E-state index is 8.74.